The van der Waals surface area contributed by atoms with Crippen molar-refractivity contribution in [3.8, 4) is 0 Å². The quantitative estimate of drug-likeness (QED) is 0.655. The molecule has 0 fully saturated rings. The minimum atomic E-state index is 0.619. The SMILES string of the molecule is COCCNCCc1ccccc1CN. The lowest BCUT2D eigenvalue weighted by atomic mass is 10.0. The van der Waals surface area contributed by atoms with Crippen LogP contribution in [0, 0.1) is 0 Å². The van der Waals surface area contributed by atoms with E-state index in [1.54, 1.807) is 7.11 Å². The van der Waals surface area contributed by atoms with Gasteiger partial charge in [0, 0.05) is 20.2 Å². The Hall–Kier alpha value is -0.900. The zero-order valence-corrected chi connectivity index (χ0v) is 9.33. The minimum Gasteiger partial charge on any atom is -0.383 e. The molecule has 0 saturated heterocycles. The van der Waals surface area contributed by atoms with Crippen LogP contribution in [0.3, 0.4) is 0 Å². The summed E-state index contributed by atoms with van der Waals surface area (Å²) in [6.07, 6.45) is 1.02. The van der Waals surface area contributed by atoms with Crippen molar-refractivity contribution < 1.29 is 4.74 Å². The third kappa shape index (κ3) is 4.42. The molecular formula is C12H20N2O. The van der Waals surface area contributed by atoms with Crippen molar-refractivity contribution >= 4 is 0 Å². The molecule has 0 aromatic heterocycles. The van der Waals surface area contributed by atoms with Crippen LogP contribution < -0.4 is 11.1 Å². The van der Waals surface area contributed by atoms with Gasteiger partial charge in [0.05, 0.1) is 6.61 Å². The third-order valence-corrected chi connectivity index (χ3v) is 2.39. The first-order chi connectivity index (χ1) is 7.38. The molecule has 0 aliphatic carbocycles. The average molecular weight is 208 g/mol. The summed E-state index contributed by atoms with van der Waals surface area (Å²) >= 11 is 0. The summed E-state index contributed by atoms with van der Waals surface area (Å²) < 4.78 is 4.96. The first-order valence-electron chi connectivity index (χ1n) is 5.35. The molecule has 15 heavy (non-hydrogen) atoms. The van der Waals surface area contributed by atoms with Gasteiger partial charge in [-0.1, -0.05) is 24.3 Å². The molecule has 84 valence electrons. The lowest BCUT2D eigenvalue weighted by Gasteiger charge is -2.08. The molecule has 1 aromatic carbocycles. The third-order valence-electron chi connectivity index (χ3n) is 2.39. The minimum absolute atomic E-state index is 0.619. The maximum absolute atomic E-state index is 5.66. The first kappa shape index (κ1) is 12.2. The molecular weight excluding hydrogens is 188 g/mol. The van der Waals surface area contributed by atoms with Gasteiger partial charge in [0.25, 0.3) is 0 Å². The van der Waals surface area contributed by atoms with Crippen molar-refractivity contribution in [2.75, 3.05) is 26.8 Å². The fourth-order valence-electron chi connectivity index (χ4n) is 1.52. The number of rotatable bonds is 7. The summed E-state index contributed by atoms with van der Waals surface area (Å²) in [6.45, 7) is 3.26. The average Bonchev–Trinajstić information content (AvgIpc) is 2.29. The summed E-state index contributed by atoms with van der Waals surface area (Å²) in [5.41, 5.74) is 8.24. The van der Waals surface area contributed by atoms with E-state index in [0.717, 1.165) is 26.1 Å². The van der Waals surface area contributed by atoms with Crippen LogP contribution in [0.2, 0.25) is 0 Å². The fourth-order valence-corrected chi connectivity index (χ4v) is 1.52. The maximum atomic E-state index is 5.66. The largest absolute Gasteiger partial charge is 0.383 e. The van der Waals surface area contributed by atoms with Crippen LogP contribution in [-0.4, -0.2) is 26.8 Å². The second-order valence-electron chi connectivity index (χ2n) is 3.47. The molecule has 0 unspecified atom stereocenters. The van der Waals surface area contributed by atoms with Gasteiger partial charge in [-0.3, -0.25) is 0 Å². The van der Waals surface area contributed by atoms with E-state index in [9.17, 15) is 0 Å². The normalized spacial score (nSPS) is 10.5. The molecule has 0 aliphatic heterocycles. The summed E-state index contributed by atoms with van der Waals surface area (Å²) in [7, 11) is 1.71. The van der Waals surface area contributed by atoms with Gasteiger partial charge in [0.15, 0.2) is 0 Å². The van der Waals surface area contributed by atoms with Crippen molar-refractivity contribution in [3.05, 3.63) is 35.4 Å². The molecule has 0 amide bonds. The Bertz CT molecular complexity index is 276. The van der Waals surface area contributed by atoms with Crippen molar-refractivity contribution in [2.45, 2.75) is 13.0 Å². The van der Waals surface area contributed by atoms with E-state index in [4.69, 9.17) is 10.5 Å². The molecule has 0 radical (unpaired) electrons. The lowest BCUT2D eigenvalue weighted by Crippen LogP contribution is -2.22. The topological polar surface area (TPSA) is 47.3 Å². The molecule has 0 aliphatic rings. The molecule has 1 aromatic rings. The molecule has 3 heteroatoms. The Labute approximate surface area is 91.6 Å². The molecule has 3 nitrogen and oxygen atoms in total. The van der Waals surface area contributed by atoms with E-state index in [0.29, 0.717) is 6.54 Å². The van der Waals surface area contributed by atoms with Crippen LogP contribution >= 0.6 is 0 Å². The lowest BCUT2D eigenvalue weighted by molar-refractivity contribution is 0.199. The summed E-state index contributed by atoms with van der Waals surface area (Å²) in [5.74, 6) is 0. The van der Waals surface area contributed by atoms with Gasteiger partial charge in [-0.25, -0.2) is 0 Å². The highest BCUT2D eigenvalue weighted by Gasteiger charge is 1.98. The van der Waals surface area contributed by atoms with E-state index in [1.165, 1.54) is 11.1 Å². The maximum Gasteiger partial charge on any atom is 0.0587 e. The van der Waals surface area contributed by atoms with Gasteiger partial charge >= 0.3 is 0 Å². The smallest absolute Gasteiger partial charge is 0.0587 e. The number of hydrogen-bond acceptors (Lipinski definition) is 3. The Balaban J connectivity index is 2.30. The highest BCUT2D eigenvalue weighted by Crippen LogP contribution is 2.07. The van der Waals surface area contributed by atoms with Gasteiger partial charge < -0.3 is 15.8 Å². The van der Waals surface area contributed by atoms with E-state index >= 15 is 0 Å². The number of hydrogen-bond donors (Lipinski definition) is 2. The molecule has 0 saturated carbocycles. The Morgan fingerprint density at radius 1 is 1.20 bits per heavy atom. The summed E-state index contributed by atoms with van der Waals surface area (Å²) in [5, 5.41) is 3.32. The van der Waals surface area contributed by atoms with E-state index in [1.807, 2.05) is 6.07 Å². The van der Waals surface area contributed by atoms with E-state index < -0.39 is 0 Å². The van der Waals surface area contributed by atoms with Gasteiger partial charge in [0.1, 0.15) is 0 Å². The van der Waals surface area contributed by atoms with Crippen LogP contribution in [0.5, 0.6) is 0 Å². The molecule has 0 heterocycles. The predicted molar refractivity (Wildman–Crippen MR) is 62.8 cm³/mol. The van der Waals surface area contributed by atoms with Crippen molar-refractivity contribution in [3.63, 3.8) is 0 Å². The van der Waals surface area contributed by atoms with Crippen molar-refractivity contribution in [1.29, 1.82) is 0 Å². The zero-order chi connectivity index (χ0) is 10.9. The number of benzene rings is 1. The van der Waals surface area contributed by atoms with Gasteiger partial charge in [-0.2, -0.15) is 0 Å². The van der Waals surface area contributed by atoms with E-state index in [-0.39, 0.29) is 0 Å². The monoisotopic (exact) mass is 208 g/mol. The highest BCUT2D eigenvalue weighted by molar-refractivity contribution is 5.27. The van der Waals surface area contributed by atoms with Crippen LogP contribution in [-0.2, 0) is 17.7 Å². The van der Waals surface area contributed by atoms with Crippen molar-refractivity contribution in [1.82, 2.24) is 5.32 Å². The zero-order valence-electron chi connectivity index (χ0n) is 9.33. The Kier molecular flexibility index (Phi) is 6.00. The van der Waals surface area contributed by atoms with E-state index in [2.05, 4.69) is 23.5 Å². The second kappa shape index (κ2) is 7.40. The van der Waals surface area contributed by atoms with Gasteiger partial charge in [-0.05, 0) is 24.1 Å². The van der Waals surface area contributed by atoms with Crippen LogP contribution in [0.25, 0.3) is 0 Å². The van der Waals surface area contributed by atoms with Crippen LogP contribution in [0.4, 0.5) is 0 Å². The first-order valence-corrected chi connectivity index (χ1v) is 5.35. The predicted octanol–water partition coefficient (Wildman–Crippen LogP) is 0.924. The van der Waals surface area contributed by atoms with Crippen LogP contribution in [0.15, 0.2) is 24.3 Å². The fraction of sp³-hybridized carbons (Fsp3) is 0.500. The number of methoxy groups -OCH3 is 1. The van der Waals surface area contributed by atoms with Gasteiger partial charge in [0.2, 0.25) is 0 Å². The van der Waals surface area contributed by atoms with Gasteiger partial charge in [-0.15, -0.1) is 0 Å². The van der Waals surface area contributed by atoms with Crippen molar-refractivity contribution in [2.24, 2.45) is 5.73 Å². The standard InChI is InChI=1S/C12H20N2O/c1-15-9-8-14-7-6-11-4-2-3-5-12(11)10-13/h2-5,14H,6-10,13H2,1H3. The Morgan fingerprint density at radius 2 is 1.93 bits per heavy atom. The number of ether oxygens (including phenoxy) is 1. The molecule has 0 atom stereocenters. The number of nitrogens with two attached hydrogens (primary N) is 1. The Morgan fingerprint density at radius 3 is 2.60 bits per heavy atom. The summed E-state index contributed by atoms with van der Waals surface area (Å²) in [6, 6.07) is 8.32. The molecule has 0 bridgehead atoms. The number of nitrogens with one attached hydrogen (secondary N) is 1. The molecule has 0 spiro atoms. The second-order valence-corrected chi connectivity index (χ2v) is 3.47. The summed E-state index contributed by atoms with van der Waals surface area (Å²) in [4.78, 5) is 0. The van der Waals surface area contributed by atoms with Crippen LogP contribution in [0.1, 0.15) is 11.1 Å². The molecule has 1 rings (SSSR count). The molecule has 3 N–H and O–H groups in total. The highest BCUT2D eigenvalue weighted by atomic mass is 16.5.